The average Bonchev–Trinajstić information content (AvgIpc) is 3.30. The largest absolute Gasteiger partial charge is 0.342 e. The third kappa shape index (κ3) is 3.06. The lowest BCUT2D eigenvalue weighted by molar-refractivity contribution is -0.132. The highest BCUT2D eigenvalue weighted by Gasteiger charge is 2.25. The van der Waals surface area contributed by atoms with E-state index in [4.69, 9.17) is 0 Å². The molecule has 0 spiro atoms. The summed E-state index contributed by atoms with van der Waals surface area (Å²) in [7, 11) is 0. The van der Waals surface area contributed by atoms with Gasteiger partial charge in [-0.1, -0.05) is 12.1 Å². The molecule has 1 amide bonds. The highest BCUT2D eigenvalue weighted by Crippen LogP contribution is 2.28. The Morgan fingerprint density at radius 1 is 1.29 bits per heavy atom. The highest BCUT2D eigenvalue weighted by atomic mass is 32.1. The van der Waals surface area contributed by atoms with Crippen molar-refractivity contribution in [1.29, 1.82) is 0 Å². The van der Waals surface area contributed by atoms with Crippen molar-refractivity contribution >= 4 is 28.3 Å². The molecule has 3 aromatic rings. The summed E-state index contributed by atoms with van der Waals surface area (Å²) < 4.78 is 2.06. The predicted octanol–water partition coefficient (Wildman–Crippen LogP) is 3.29. The number of carbonyl (C=O) groups is 1. The van der Waals surface area contributed by atoms with Crippen LogP contribution in [-0.4, -0.2) is 38.4 Å². The van der Waals surface area contributed by atoms with Crippen molar-refractivity contribution in [1.82, 2.24) is 19.4 Å². The number of benzene rings is 1. The molecular weight excluding hydrogens is 320 g/mol. The lowest BCUT2D eigenvalue weighted by Crippen LogP contribution is -2.39. The molecule has 1 aromatic carbocycles. The second kappa shape index (κ2) is 6.73. The van der Waals surface area contributed by atoms with Crippen LogP contribution in [0, 0.1) is 0 Å². The van der Waals surface area contributed by atoms with Crippen LogP contribution in [-0.2, 0) is 11.3 Å². The van der Waals surface area contributed by atoms with Crippen LogP contribution in [0.4, 0.5) is 0 Å². The van der Waals surface area contributed by atoms with Gasteiger partial charge in [0.2, 0.25) is 5.91 Å². The number of aryl methyl sites for hydroxylation is 1. The zero-order valence-electron chi connectivity index (χ0n) is 13.5. The molecule has 3 heterocycles. The molecule has 1 aliphatic rings. The molecule has 1 atom stereocenters. The summed E-state index contributed by atoms with van der Waals surface area (Å²) in [6, 6.07) is 8.03. The van der Waals surface area contributed by atoms with Crippen molar-refractivity contribution in [2.24, 2.45) is 0 Å². The first-order chi connectivity index (χ1) is 11.8. The molecule has 0 N–H and O–H groups in total. The van der Waals surface area contributed by atoms with Gasteiger partial charge in [-0.3, -0.25) is 4.79 Å². The number of hydrogen-bond donors (Lipinski definition) is 0. The number of imidazole rings is 1. The number of carbonyl (C=O) groups excluding carboxylic acids is 1. The summed E-state index contributed by atoms with van der Waals surface area (Å²) in [6.07, 6.45) is 6.38. The van der Waals surface area contributed by atoms with Crippen molar-refractivity contribution in [2.45, 2.75) is 31.7 Å². The zero-order chi connectivity index (χ0) is 16.4. The average molecular weight is 340 g/mol. The molecule has 0 aliphatic carbocycles. The summed E-state index contributed by atoms with van der Waals surface area (Å²) in [4.78, 5) is 23.4. The van der Waals surface area contributed by atoms with Crippen LogP contribution in [0.2, 0.25) is 0 Å². The Balaban J connectivity index is 1.39. The Labute approximate surface area is 145 Å². The molecule has 5 nitrogen and oxygen atoms in total. The number of fused-ring (bicyclic) bond motifs is 1. The topological polar surface area (TPSA) is 51.0 Å². The van der Waals surface area contributed by atoms with E-state index < -0.39 is 0 Å². The maximum Gasteiger partial charge on any atom is 0.224 e. The molecular formula is C18H20N4OS. The van der Waals surface area contributed by atoms with E-state index in [-0.39, 0.29) is 5.91 Å². The minimum Gasteiger partial charge on any atom is -0.342 e. The van der Waals surface area contributed by atoms with Crippen LogP contribution in [0.5, 0.6) is 0 Å². The van der Waals surface area contributed by atoms with Gasteiger partial charge in [0.15, 0.2) is 0 Å². The summed E-state index contributed by atoms with van der Waals surface area (Å²) in [5.74, 6) is 0.630. The second-order valence-corrected chi connectivity index (χ2v) is 7.15. The molecule has 0 radical (unpaired) electrons. The molecule has 0 unspecified atom stereocenters. The van der Waals surface area contributed by atoms with E-state index in [0.717, 1.165) is 42.0 Å². The van der Waals surface area contributed by atoms with Crippen LogP contribution in [0.3, 0.4) is 0 Å². The first-order valence-electron chi connectivity index (χ1n) is 8.38. The van der Waals surface area contributed by atoms with Gasteiger partial charge in [-0.2, -0.15) is 0 Å². The molecule has 4 rings (SSSR count). The first kappa shape index (κ1) is 15.3. The van der Waals surface area contributed by atoms with E-state index in [1.54, 1.807) is 11.3 Å². The lowest BCUT2D eigenvalue weighted by atomic mass is 9.98. The van der Waals surface area contributed by atoms with Crippen molar-refractivity contribution in [3.63, 3.8) is 0 Å². The highest BCUT2D eigenvalue weighted by molar-refractivity contribution is 7.09. The van der Waals surface area contributed by atoms with Gasteiger partial charge in [-0.05, 0) is 25.0 Å². The van der Waals surface area contributed by atoms with Gasteiger partial charge < -0.3 is 9.47 Å². The van der Waals surface area contributed by atoms with Crippen LogP contribution >= 0.6 is 11.3 Å². The zero-order valence-corrected chi connectivity index (χ0v) is 14.3. The normalized spacial score (nSPS) is 18.2. The Bertz CT molecular complexity index is 827. The second-order valence-electron chi connectivity index (χ2n) is 6.23. The maximum atomic E-state index is 12.6. The Morgan fingerprint density at radius 2 is 2.21 bits per heavy atom. The van der Waals surface area contributed by atoms with Crippen molar-refractivity contribution in [3.8, 4) is 0 Å². The predicted molar refractivity (Wildman–Crippen MR) is 95.0 cm³/mol. The van der Waals surface area contributed by atoms with Gasteiger partial charge in [0.05, 0.1) is 22.4 Å². The molecule has 6 heteroatoms. The third-order valence-corrected chi connectivity index (χ3v) is 5.61. The minimum atomic E-state index is 0.231. The summed E-state index contributed by atoms with van der Waals surface area (Å²) in [5.41, 5.74) is 2.07. The quantitative estimate of drug-likeness (QED) is 0.732. The van der Waals surface area contributed by atoms with Gasteiger partial charge in [-0.15, -0.1) is 11.3 Å². The van der Waals surface area contributed by atoms with Crippen molar-refractivity contribution < 1.29 is 4.79 Å². The van der Waals surface area contributed by atoms with Gasteiger partial charge in [0.25, 0.3) is 0 Å². The maximum absolute atomic E-state index is 12.6. The van der Waals surface area contributed by atoms with Gasteiger partial charge in [0, 0.05) is 43.5 Å². The summed E-state index contributed by atoms with van der Waals surface area (Å²) in [5, 5.41) is 3.17. The molecule has 1 aliphatic heterocycles. The van der Waals surface area contributed by atoms with Crippen LogP contribution in [0.1, 0.15) is 30.2 Å². The monoisotopic (exact) mass is 340 g/mol. The number of likely N-dealkylation sites (tertiary alicyclic amines) is 1. The van der Waals surface area contributed by atoms with E-state index in [0.29, 0.717) is 18.9 Å². The minimum absolute atomic E-state index is 0.231. The van der Waals surface area contributed by atoms with E-state index in [2.05, 4.69) is 14.5 Å². The van der Waals surface area contributed by atoms with Crippen LogP contribution in [0.25, 0.3) is 11.0 Å². The van der Waals surface area contributed by atoms with E-state index in [9.17, 15) is 4.79 Å². The van der Waals surface area contributed by atoms with Gasteiger partial charge >= 0.3 is 0 Å². The Morgan fingerprint density at radius 3 is 3.08 bits per heavy atom. The van der Waals surface area contributed by atoms with Crippen molar-refractivity contribution in [3.05, 3.63) is 47.2 Å². The van der Waals surface area contributed by atoms with Crippen molar-refractivity contribution in [2.75, 3.05) is 13.1 Å². The molecule has 2 aromatic heterocycles. The van der Waals surface area contributed by atoms with Gasteiger partial charge in [0.1, 0.15) is 0 Å². The fourth-order valence-corrected chi connectivity index (χ4v) is 4.17. The number of amides is 1. The molecule has 0 bridgehead atoms. The fourth-order valence-electron chi connectivity index (χ4n) is 3.40. The Kier molecular flexibility index (Phi) is 4.30. The number of nitrogens with zero attached hydrogens (tertiary/aromatic N) is 4. The number of rotatable bonds is 4. The van der Waals surface area contributed by atoms with Crippen LogP contribution < -0.4 is 0 Å². The number of aromatic nitrogens is 3. The van der Waals surface area contributed by atoms with Gasteiger partial charge in [-0.25, -0.2) is 9.97 Å². The van der Waals surface area contributed by atoms with Crippen LogP contribution in [0.15, 0.2) is 42.2 Å². The SMILES string of the molecule is O=C(CCn1cnc2ccccc21)N1CCC[C@@H](c2nccs2)C1. The molecule has 1 saturated heterocycles. The van der Waals surface area contributed by atoms with E-state index in [1.165, 1.54) is 0 Å². The lowest BCUT2D eigenvalue weighted by Gasteiger charge is -2.32. The number of thiazole rings is 1. The molecule has 124 valence electrons. The smallest absolute Gasteiger partial charge is 0.224 e. The number of hydrogen-bond acceptors (Lipinski definition) is 4. The fraction of sp³-hybridized carbons (Fsp3) is 0.389. The standard InChI is InChI=1S/C18H20N4OS/c23-17(7-10-22-13-20-15-5-1-2-6-16(15)22)21-9-3-4-14(12-21)18-19-8-11-24-18/h1-2,5-6,8,11,13-14H,3-4,7,9-10,12H2/t14-/m1/s1. The van der Waals surface area contributed by atoms with E-state index in [1.807, 2.05) is 47.1 Å². The summed E-state index contributed by atoms with van der Waals surface area (Å²) >= 11 is 1.69. The molecule has 0 saturated carbocycles. The molecule has 24 heavy (non-hydrogen) atoms. The first-order valence-corrected chi connectivity index (χ1v) is 9.26. The van der Waals surface area contributed by atoms with E-state index >= 15 is 0 Å². The molecule has 1 fully saturated rings. The Hall–Kier alpha value is -2.21. The number of para-hydroxylation sites is 2. The third-order valence-electron chi connectivity index (χ3n) is 4.67. The summed E-state index contributed by atoms with van der Waals surface area (Å²) in [6.45, 7) is 2.35. The number of piperidine rings is 1.